The predicted octanol–water partition coefficient (Wildman–Crippen LogP) is -0.0503. The van der Waals surface area contributed by atoms with Crippen molar-refractivity contribution in [3.05, 3.63) is 0 Å². The Balaban J connectivity index is 2.48. The van der Waals surface area contributed by atoms with E-state index in [4.69, 9.17) is 4.74 Å². The monoisotopic (exact) mass is 173 g/mol. The summed E-state index contributed by atoms with van der Waals surface area (Å²) in [6.07, 6.45) is 1.60. The van der Waals surface area contributed by atoms with Gasteiger partial charge in [-0.25, -0.2) is 0 Å². The highest BCUT2D eigenvalue weighted by molar-refractivity contribution is 4.70. The van der Waals surface area contributed by atoms with E-state index in [9.17, 15) is 5.11 Å². The molecule has 1 aliphatic heterocycles. The molecule has 1 fully saturated rings. The van der Waals surface area contributed by atoms with Gasteiger partial charge in [-0.1, -0.05) is 0 Å². The number of ether oxygens (including phenoxy) is 1. The van der Waals surface area contributed by atoms with E-state index in [1.165, 1.54) is 0 Å². The van der Waals surface area contributed by atoms with Gasteiger partial charge in [-0.2, -0.15) is 0 Å². The maximum absolute atomic E-state index is 11.8. The van der Waals surface area contributed by atoms with E-state index in [0.717, 1.165) is 17.4 Å². The largest absolute Gasteiger partial charge is 0.824 e. The minimum absolute atomic E-state index is 0.587. The smallest absolute Gasteiger partial charge is 0.0925 e. The van der Waals surface area contributed by atoms with Gasteiger partial charge in [0, 0.05) is 12.4 Å². The lowest BCUT2D eigenvalue weighted by molar-refractivity contribution is -0.908. The van der Waals surface area contributed by atoms with Crippen LogP contribution < -0.4 is 5.11 Å². The van der Waals surface area contributed by atoms with E-state index in [1.54, 1.807) is 0 Å². The lowest BCUT2D eigenvalue weighted by Gasteiger charge is -2.42. The number of likely N-dealkylation sites (N-methyl/N-ethyl adjacent to an activating group) is 1. The lowest BCUT2D eigenvalue weighted by Crippen LogP contribution is -2.58. The first-order valence-electron chi connectivity index (χ1n) is 4.64. The highest BCUT2D eigenvalue weighted by Gasteiger charge is 2.30. The van der Waals surface area contributed by atoms with Gasteiger partial charge in [-0.05, 0) is 19.8 Å². The fraction of sp³-hybridized carbons (Fsp3) is 1.00. The van der Waals surface area contributed by atoms with Gasteiger partial charge in [0.25, 0.3) is 0 Å². The van der Waals surface area contributed by atoms with Gasteiger partial charge in [0.2, 0.25) is 0 Å². The van der Waals surface area contributed by atoms with Crippen LogP contribution in [0.1, 0.15) is 19.8 Å². The molecule has 0 aromatic heterocycles. The van der Waals surface area contributed by atoms with Crippen molar-refractivity contribution < 1.29 is 14.3 Å². The van der Waals surface area contributed by atoms with Crippen LogP contribution in [0.15, 0.2) is 0 Å². The second-order valence-electron chi connectivity index (χ2n) is 4.27. The molecule has 0 aromatic rings. The van der Waals surface area contributed by atoms with Gasteiger partial charge in [-0.15, -0.1) is 0 Å². The SMILES string of the molecule is CC[N+](C)(C)CC1([O-])CCCO1. The Kier molecular flexibility index (Phi) is 2.76. The van der Waals surface area contributed by atoms with Crippen LogP contribution in [-0.2, 0) is 4.74 Å². The zero-order valence-corrected chi connectivity index (χ0v) is 8.30. The van der Waals surface area contributed by atoms with Crippen molar-refractivity contribution in [2.75, 3.05) is 33.8 Å². The Morgan fingerprint density at radius 2 is 2.17 bits per heavy atom. The lowest BCUT2D eigenvalue weighted by atomic mass is 10.1. The van der Waals surface area contributed by atoms with E-state index in [1.807, 2.05) is 0 Å². The van der Waals surface area contributed by atoms with Crippen LogP contribution in [0.4, 0.5) is 0 Å². The third kappa shape index (κ3) is 2.44. The summed E-state index contributed by atoms with van der Waals surface area (Å²) < 4.78 is 5.96. The molecule has 72 valence electrons. The summed E-state index contributed by atoms with van der Waals surface area (Å²) in [5, 5.41) is 11.8. The summed E-state index contributed by atoms with van der Waals surface area (Å²) in [5.74, 6) is -1.10. The number of nitrogens with zero attached hydrogens (tertiary/aromatic N) is 1. The van der Waals surface area contributed by atoms with Gasteiger partial charge >= 0.3 is 0 Å². The Morgan fingerprint density at radius 1 is 1.50 bits per heavy atom. The minimum atomic E-state index is -1.10. The van der Waals surface area contributed by atoms with Gasteiger partial charge in [-0.3, -0.25) is 0 Å². The summed E-state index contributed by atoms with van der Waals surface area (Å²) in [6.45, 7) is 4.31. The van der Waals surface area contributed by atoms with Crippen molar-refractivity contribution in [3.63, 3.8) is 0 Å². The third-order valence-corrected chi connectivity index (χ3v) is 2.59. The van der Waals surface area contributed by atoms with Crippen LogP contribution in [0, 0.1) is 0 Å². The topological polar surface area (TPSA) is 32.3 Å². The Morgan fingerprint density at radius 3 is 2.58 bits per heavy atom. The fourth-order valence-electron chi connectivity index (χ4n) is 1.56. The first-order chi connectivity index (χ1) is 5.47. The molecule has 0 radical (unpaired) electrons. The quantitative estimate of drug-likeness (QED) is 0.560. The molecule has 0 aliphatic carbocycles. The summed E-state index contributed by atoms with van der Waals surface area (Å²) in [7, 11) is 4.14. The summed E-state index contributed by atoms with van der Waals surface area (Å²) in [6, 6.07) is 0. The molecule has 0 spiro atoms. The summed E-state index contributed by atoms with van der Waals surface area (Å²) >= 11 is 0. The van der Waals surface area contributed by atoms with Crippen molar-refractivity contribution in [2.24, 2.45) is 0 Å². The van der Waals surface area contributed by atoms with E-state index in [-0.39, 0.29) is 0 Å². The molecule has 1 saturated heterocycles. The van der Waals surface area contributed by atoms with Crippen molar-refractivity contribution in [2.45, 2.75) is 25.6 Å². The molecule has 0 saturated carbocycles. The molecule has 0 bridgehead atoms. The Hall–Kier alpha value is -0.120. The van der Waals surface area contributed by atoms with Crippen LogP contribution in [0.25, 0.3) is 0 Å². The number of rotatable bonds is 3. The fourth-order valence-corrected chi connectivity index (χ4v) is 1.56. The van der Waals surface area contributed by atoms with Crippen molar-refractivity contribution in [1.29, 1.82) is 0 Å². The number of hydrogen-bond donors (Lipinski definition) is 0. The molecule has 1 unspecified atom stereocenters. The molecular formula is C9H19NO2. The number of hydrogen-bond acceptors (Lipinski definition) is 2. The molecule has 1 atom stereocenters. The Labute approximate surface area is 74.5 Å². The molecule has 3 nitrogen and oxygen atoms in total. The molecular weight excluding hydrogens is 154 g/mol. The molecule has 3 heteroatoms. The van der Waals surface area contributed by atoms with Gasteiger partial charge < -0.3 is 14.3 Å². The van der Waals surface area contributed by atoms with Crippen molar-refractivity contribution in [3.8, 4) is 0 Å². The van der Waals surface area contributed by atoms with E-state index >= 15 is 0 Å². The third-order valence-electron chi connectivity index (χ3n) is 2.59. The van der Waals surface area contributed by atoms with Crippen LogP contribution in [0.5, 0.6) is 0 Å². The van der Waals surface area contributed by atoms with E-state index in [2.05, 4.69) is 21.0 Å². The maximum Gasteiger partial charge on any atom is 0.0925 e. The molecule has 0 N–H and O–H groups in total. The molecule has 1 heterocycles. The second-order valence-corrected chi connectivity index (χ2v) is 4.27. The van der Waals surface area contributed by atoms with Gasteiger partial charge in [0.15, 0.2) is 0 Å². The minimum Gasteiger partial charge on any atom is -0.824 e. The maximum atomic E-state index is 11.8. The predicted molar refractivity (Wildman–Crippen MR) is 45.4 cm³/mol. The van der Waals surface area contributed by atoms with E-state index < -0.39 is 5.79 Å². The first-order valence-corrected chi connectivity index (χ1v) is 4.64. The zero-order valence-electron chi connectivity index (χ0n) is 8.30. The normalized spacial score (nSPS) is 31.0. The van der Waals surface area contributed by atoms with E-state index in [0.29, 0.717) is 19.6 Å². The number of quaternary nitrogens is 1. The van der Waals surface area contributed by atoms with Crippen LogP contribution in [0.3, 0.4) is 0 Å². The average molecular weight is 173 g/mol. The highest BCUT2D eigenvalue weighted by Crippen LogP contribution is 2.22. The zero-order chi connectivity index (χ0) is 9.24. The first kappa shape index (κ1) is 9.96. The van der Waals surface area contributed by atoms with Crippen LogP contribution >= 0.6 is 0 Å². The average Bonchev–Trinajstić information content (AvgIpc) is 2.35. The van der Waals surface area contributed by atoms with Crippen molar-refractivity contribution in [1.82, 2.24) is 0 Å². The standard InChI is InChI=1S/C9H19NO2/c1-4-10(2,3)8-9(11)6-5-7-12-9/h4-8H2,1-3H3. The summed E-state index contributed by atoms with van der Waals surface area (Å²) in [4.78, 5) is 0. The second kappa shape index (κ2) is 3.32. The van der Waals surface area contributed by atoms with Crippen LogP contribution in [-0.4, -0.2) is 44.1 Å². The van der Waals surface area contributed by atoms with Crippen molar-refractivity contribution >= 4 is 0 Å². The summed E-state index contributed by atoms with van der Waals surface area (Å²) in [5.41, 5.74) is 0. The molecule has 0 amide bonds. The Bertz CT molecular complexity index is 151. The molecule has 12 heavy (non-hydrogen) atoms. The molecule has 1 rings (SSSR count). The van der Waals surface area contributed by atoms with Crippen LogP contribution in [0.2, 0.25) is 0 Å². The van der Waals surface area contributed by atoms with Gasteiger partial charge in [0.05, 0.1) is 27.2 Å². The van der Waals surface area contributed by atoms with Gasteiger partial charge in [0.1, 0.15) is 0 Å². The highest BCUT2D eigenvalue weighted by atomic mass is 16.6. The molecule has 1 aliphatic rings. The molecule has 0 aromatic carbocycles.